The van der Waals surface area contributed by atoms with E-state index in [0.29, 0.717) is 18.8 Å². The maximum atomic E-state index is 13.6. The number of carboxylic acids is 1. The van der Waals surface area contributed by atoms with Gasteiger partial charge in [-0.3, -0.25) is 4.79 Å². The number of carbonyl (C=O) groups is 2. The van der Waals surface area contributed by atoms with E-state index in [1.54, 1.807) is 11.0 Å². The van der Waals surface area contributed by atoms with E-state index in [1.165, 1.54) is 13.0 Å². The fourth-order valence-corrected chi connectivity index (χ4v) is 2.37. The highest BCUT2D eigenvalue weighted by Gasteiger charge is 2.27. The zero-order chi connectivity index (χ0) is 14.0. The number of amides is 1. The molecule has 1 heterocycles. The summed E-state index contributed by atoms with van der Waals surface area (Å²) in [7, 11) is 0. The Morgan fingerprint density at radius 2 is 2.21 bits per heavy atom. The van der Waals surface area contributed by atoms with Crippen LogP contribution in [0.2, 0.25) is 0 Å². The van der Waals surface area contributed by atoms with Gasteiger partial charge in [-0.25, -0.2) is 9.18 Å². The highest BCUT2D eigenvalue weighted by Crippen LogP contribution is 2.26. The molecule has 2 rings (SSSR count). The second-order valence-corrected chi connectivity index (χ2v) is 4.57. The molecule has 5 nitrogen and oxygen atoms in total. The molecule has 0 saturated carbocycles. The van der Waals surface area contributed by atoms with Gasteiger partial charge in [-0.15, -0.1) is 0 Å². The van der Waals surface area contributed by atoms with Crippen molar-refractivity contribution in [1.82, 2.24) is 5.32 Å². The quantitative estimate of drug-likeness (QED) is 0.863. The number of rotatable bonds is 3. The second kappa shape index (κ2) is 5.26. The van der Waals surface area contributed by atoms with Crippen molar-refractivity contribution >= 4 is 17.6 Å². The molecule has 1 aliphatic heterocycles. The number of nitrogens with zero attached hydrogens (tertiary/aromatic N) is 1. The maximum Gasteiger partial charge on any atom is 0.340 e. The number of hydrogen-bond donors (Lipinski definition) is 2. The summed E-state index contributed by atoms with van der Waals surface area (Å²) in [6.45, 7) is 2.52. The summed E-state index contributed by atoms with van der Waals surface area (Å²) in [4.78, 5) is 23.9. The number of halogens is 1. The predicted molar refractivity (Wildman–Crippen MR) is 67.8 cm³/mol. The van der Waals surface area contributed by atoms with Gasteiger partial charge >= 0.3 is 5.97 Å². The molecule has 1 aromatic carbocycles. The molecule has 6 heteroatoms. The zero-order valence-electron chi connectivity index (χ0n) is 10.5. The lowest BCUT2D eigenvalue weighted by molar-refractivity contribution is -0.119. The SMILES string of the molecule is CC(=O)NC1CCN(c2cccc(F)c2C(=O)O)C1. The average molecular weight is 266 g/mol. The first-order valence-corrected chi connectivity index (χ1v) is 6.03. The van der Waals surface area contributed by atoms with Crippen LogP contribution in [-0.4, -0.2) is 36.1 Å². The number of carbonyl (C=O) groups excluding carboxylic acids is 1. The third-order valence-corrected chi connectivity index (χ3v) is 3.14. The van der Waals surface area contributed by atoms with Crippen LogP contribution in [0.1, 0.15) is 23.7 Å². The van der Waals surface area contributed by atoms with Crippen LogP contribution >= 0.6 is 0 Å². The summed E-state index contributed by atoms with van der Waals surface area (Å²) in [6.07, 6.45) is 0.717. The van der Waals surface area contributed by atoms with Crippen molar-refractivity contribution in [3.8, 4) is 0 Å². The molecule has 0 aliphatic carbocycles. The Kier molecular flexibility index (Phi) is 3.69. The molecule has 1 fully saturated rings. The molecule has 1 aliphatic rings. The normalized spacial score (nSPS) is 18.4. The molecule has 0 spiro atoms. The molecule has 19 heavy (non-hydrogen) atoms. The van der Waals surface area contributed by atoms with Crippen molar-refractivity contribution in [3.63, 3.8) is 0 Å². The van der Waals surface area contributed by atoms with Crippen LogP contribution in [0.5, 0.6) is 0 Å². The zero-order valence-corrected chi connectivity index (χ0v) is 10.5. The van der Waals surface area contributed by atoms with Crippen molar-refractivity contribution in [2.75, 3.05) is 18.0 Å². The van der Waals surface area contributed by atoms with E-state index < -0.39 is 11.8 Å². The first kappa shape index (κ1) is 13.3. The highest BCUT2D eigenvalue weighted by atomic mass is 19.1. The van der Waals surface area contributed by atoms with Gasteiger partial charge in [-0.2, -0.15) is 0 Å². The summed E-state index contributed by atoms with van der Waals surface area (Å²) in [5, 5.41) is 11.9. The van der Waals surface area contributed by atoms with Crippen LogP contribution in [-0.2, 0) is 4.79 Å². The van der Waals surface area contributed by atoms with Gasteiger partial charge in [0.15, 0.2) is 0 Å². The summed E-state index contributed by atoms with van der Waals surface area (Å²) < 4.78 is 13.6. The van der Waals surface area contributed by atoms with Crippen molar-refractivity contribution in [2.24, 2.45) is 0 Å². The second-order valence-electron chi connectivity index (χ2n) is 4.57. The van der Waals surface area contributed by atoms with Gasteiger partial charge in [0.1, 0.15) is 11.4 Å². The summed E-state index contributed by atoms with van der Waals surface area (Å²) in [5.41, 5.74) is 0.0475. The molecule has 1 aromatic rings. The van der Waals surface area contributed by atoms with E-state index in [-0.39, 0.29) is 17.5 Å². The Bertz CT molecular complexity index is 519. The molecule has 2 N–H and O–H groups in total. The average Bonchev–Trinajstić information content (AvgIpc) is 2.75. The van der Waals surface area contributed by atoms with Crippen molar-refractivity contribution in [1.29, 1.82) is 0 Å². The molecule has 1 atom stereocenters. The Morgan fingerprint density at radius 1 is 1.47 bits per heavy atom. The highest BCUT2D eigenvalue weighted by molar-refractivity contribution is 5.94. The van der Waals surface area contributed by atoms with Crippen LogP contribution in [0.3, 0.4) is 0 Å². The summed E-state index contributed by atoms with van der Waals surface area (Å²) >= 11 is 0. The number of anilines is 1. The lowest BCUT2D eigenvalue weighted by Crippen LogP contribution is -2.35. The van der Waals surface area contributed by atoms with E-state index in [9.17, 15) is 14.0 Å². The van der Waals surface area contributed by atoms with Crippen LogP contribution in [0.25, 0.3) is 0 Å². The third kappa shape index (κ3) is 2.83. The first-order valence-electron chi connectivity index (χ1n) is 6.03. The molecule has 1 amide bonds. The lowest BCUT2D eigenvalue weighted by atomic mass is 10.1. The minimum atomic E-state index is -1.28. The molecule has 102 valence electrons. The third-order valence-electron chi connectivity index (χ3n) is 3.14. The van der Waals surface area contributed by atoms with Gasteiger partial charge in [0.2, 0.25) is 5.91 Å². The predicted octanol–water partition coefficient (Wildman–Crippen LogP) is 1.24. The number of hydrogen-bond acceptors (Lipinski definition) is 3. The number of benzene rings is 1. The van der Waals surface area contributed by atoms with Crippen LogP contribution in [0.15, 0.2) is 18.2 Å². The first-order chi connectivity index (χ1) is 8.99. The van der Waals surface area contributed by atoms with Crippen LogP contribution < -0.4 is 10.2 Å². The van der Waals surface area contributed by atoms with Crippen molar-refractivity contribution in [3.05, 3.63) is 29.6 Å². The standard InChI is InChI=1S/C13H15FN2O3/c1-8(17)15-9-5-6-16(7-9)11-4-2-3-10(14)12(11)13(18)19/h2-4,9H,5-7H2,1H3,(H,15,17)(H,18,19). The van der Waals surface area contributed by atoms with Crippen molar-refractivity contribution < 1.29 is 19.1 Å². The van der Waals surface area contributed by atoms with Gasteiger partial charge < -0.3 is 15.3 Å². The van der Waals surface area contributed by atoms with E-state index in [1.807, 2.05) is 0 Å². The molecule has 1 unspecified atom stereocenters. The molecule has 0 aromatic heterocycles. The molecule has 1 saturated heterocycles. The maximum absolute atomic E-state index is 13.6. The van der Waals surface area contributed by atoms with Gasteiger partial charge in [0.05, 0.1) is 5.69 Å². The minimum absolute atomic E-state index is 0.0255. The summed E-state index contributed by atoms with van der Waals surface area (Å²) in [6, 6.07) is 4.18. The van der Waals surface area contributed by atoms with E-state index in [2.05, 4.69) is 5.32 Å². The fourth-order valence-electron chi connectivity index (χ4n) is 2.37. The largest absolute Gasteiger partial charge is 0.478 e. The van der Waals surface area contributed by atoms with E-state index in [0.717, 1.165) is 12.5 Å². The monoisotopic (exact) mass is 266 g/mol. The van der Waals surface area contributed by atoms with Crippen LogP contribution in [0.4, 0.5) is 10.1 Å². The van der Waals surface area contributed by atoms with Gasteiger partial charge in [0, 0.05) is 26.1 Å². The van der Waals surface area contributed by atoms with Gasteiger partial charge in [0.25, 0.3) is 0 Å². The summed E-state index contributed by atoms with van der Waals surface area (Å²) in [5.74, 6) is -2.14. The van der Waals surface area contributed by atoms with Crippen molar-refractivity contribution in [2.45, 2.75) is 19.4 Å². The Hall–Kier alpha value is -2.11. The van der Waals surface area contributed by atoms with E-state index in [4.69, 9.17) is 5.11 Å². The Labute approximate surface area is 110 Å². The molecule has 0 radical (unpaired) electrons. The number of nitrogens with one attached hydrogen (secondary N) is 1. The lowest BCUT2D eigenvalue weighted by Gasteiger charge is -2.21. The molecular weight excluding hydrogens is 251 g/mol. The van der Waals surface area contributed by atoms with E-state index >= 15 is 0 Å². The number of carboxylic acid groups (broad SMARTS) is 1. The van der Waals surface area contributed by atoms with Gasteiger partial charge in [-0.1, -0.05) is 6.07 Å². The minimum Gasteiger partial charge on any atom is -0.478 e. The smallest absolute Gasteiger partial charge is 0.340 e. The van der Waals surface area contributed by atoms with Gasteiger partial charge in [-0.05, 0) is 18.6 Å². The molecule has 0 bridgehead atoms. The van der Waals surface area contributed by atoms with Crippen LogP contribution in [0, 0.1) is 5.82 Å². The Balaban J connectivity index is 2.22. The fraction of sp³-hybridized carbons (Fsp3) is 0.385. The number of aromatic carboxylic acids is 1. The topological polar surface area (TPSA) is 69.6 Å². The molecular formula is C13H15FN2O3. The Morgan fingerprint density at radius 3 is 2.84 bits per heavy atom.